The van der Waals surface area contributed by atoms with Crippen LogP contribution in [0, 0.1) is 0 Å². The molecule has 2 heterocycles. The van der Waals surface area contributed by atoms with E-state index in [1.54, 1.807) is 10.7 Å². The van der Waals surface area contributed by atoms with E-state index in [0.717, 1.165) is 39.1 Å². The van der Waals surface area contributed by atoms with Gasteiger partial charge in [0.1, 0.15) is 0 Å². The third kappa shape index (κ3) is 4.75. The molecule has 2 aromatic heterocycles. The average Bonchev–Trinajstić information content (AvgIpc) is 3.31. The summed E-state index contributed by atoms with van der Waals surface area (Å²) in [7, 11) is 8.11. The van der Waals surface area contributed by atoms with Gasteiger partial charge in [0.25, 0.3) is 5.95 Å². The van der Waals surface area contributed by atoms with Gasteiger partial charge in [0.05, 0.1) is 5.52 Å². The summed E-state index contributed by atoms with van der Waals surface area (Å²) in [5.41, 5.74) is 5.96. The monoisotopic (exact) mass is 461 g/mol. The van der Waals surface area contributed by atoms with Crippen LogP contribution in [0.2, 0.25) is 0 Å². The molecule has 0 bridgehead atoms. The predicted octanol–water partition coefficient (Wildman–Crippen LogP) is 5.33. The molecule has 0 N–H and O–H groups in total. The summed E-state index contributed by atoms with van der Waals surface area (Å²) < 4.78 is 1.76. The van der Waals surface area contributed by atoms with Crippen LogP contribution in [0.5, 0.6) is 0 Å². The largest absolute Gasteiger partial charge is 0.378 e. The van der Waals surface area contributed by atoms with Gasteiger partial charge in [-0.25, -0.2) is 9.98 Å². The molecule has 0 aliphatic carbocycles. The fraction of sp³-hybridized carbons (Fsp3) is 0.143. The van der Waals surface area contributed by atoms with Crippen LogP contribution in [0.4, 0.5) is 17.3 Å². The number of hydrogen-bond acceptors (Lipinski definition) is 6. The van der Waals surface area contributed by atoms with E-state index in [1.165, 1.54) is 0 Å². The Morgan fingerprint density at radius 2 is 1.34 bits per heavy atom. The van der Waals surface area contributed by atoms with Gasteiger partial charge in [-0.3, -0.25) is 0 Å². The molecule has 0 fully saturated rings. The maximum atomic E-state index is 4.83. The van der Waals surface area contributed by atoms with E-state index in [0.29, 0.717) is 11.8 Å². The molecule has 0 amide bonds. The lowest BCUT2D eigenvalue weighted by molar-refractivity contribution is 0.918. The van der Waals surface area contributed by atoms with Gasteiger partial charge in [-0.1, -0.05) is 42.5 Å². The van der Waals surface area contributed by atoms with Crippen LogP contribution in [-0.2, 0) is 0 Å². The van der Waals surface area contributed by atoms with Crippen LogP contribution in [0.15, 0.2) is 77.8 Å². The molecule has 0 unspecified atom stereocenters. The number of aromatic nitrogens is 4. The minimum absolute atomic E-state index is 0.393. The molecule has 0 aliphatic heterocycles. The van der Waals surface area contributed by atoms with E-state index < -0.39 is 0 Å². The lowest BCUT2D eigenvalue weighted by Crippen LogP contribution is -2.08. The van der Waals surface area contributed by atoms with E-state index in [2.05, 4.69) is 56.3 Å². The van der Waals surface area contributed by atoms with E-state index in [4.69, 9.17) is 9.97 Å². The van der Waals surface area contributed by atoms with Crippen molar-refractivity contribution in [2.45, 2.75) is 0 Å². The van der Waals surface area contributed by atoms with Gasteiger partial charge in [0.2, 0.25) is 0 Å². The highest BCUT2D eigenvalue weighted by atomic mass is 15.4. The Hall–Kier alpha value is -4.52. The van der Waals surface area contributed by atoms with Crippen LogP contribution in [0.3, 0.4) is 0 Å². The second kappa shape index (κ2) is 9.38. The van der Waals surface area contributed by atoms with E-state index in [9.17, 15) is 0 Å². The summed E-state index contributed by atoms with van der Waals surface area (Å²) in [6, 6.07) is 24.5. The summed E-state index contributed by atoms with van der Waals surface area (Å²) in [4.78, 5) is 18.2. The number of rotatable bonds is 6. The fourth-order valence-corrected chi connectivity index (χ4v) is 3.77. The molecule has 3 aromatic carbocycles. The summed E-state index contributed by atoms with van der Waals surface area (Å²) in [5, 5.41) is 5.59. The normalized spacial score (nSPS) is 11.8. The lowest BCUT2D eigenvalue weighted by atomic mass is 10.2. The number of fused-ring (bicyclic) bond motifs is 3. The van der Waals surface area contributed by atoms with Gasteiger partial charge in [0, 0.05) is 51.2 Å². The van der Waals surface area contributed by atoms with Crippen molar-refractivity contribution in [2.75, 3.05) is 38.0 Å². The summed E-state index contributed by atoms with van der Waals surface area (Å²) >= 11 is 0. The number of nitrogens with zero attached hydrogens (tertiary/aromatic N) is 7. The lowest BCUT2D eigenvalue weighted by Gasteiger charge is -2.11. The molecule has 5 rings (SSSR count). The van der Waals surface area contributed by atoms with Crippen LogP contribution >= 0.6 is 0 Å². The molecule has 0 saturated carbocycles. The van der Waals surface area contributed by atoms with Crippen molar-refractivity contribution in [1.29, 1.82) is 0 Å². The Morgan fingerprint density at radius 3 is 2.00 bits per heavy atom. The van der Waals surface area contributed by atoms with Crippen molar-refractivity contribution in [3.8, 4) is 0 Å². The second-order valence-corrected chi connectivity index (χ2v) is 8.70. The minimum Gasteiger partial charge on any atom is -0.378 e. The van der Waals surface area contributed by atoms with E-state index in [1.807, 2.05) is 76.7 Å². The zero-order valence-corrected chi connectivity index (χ0v) is 20.3. The van der Waals surface area contributed by atoms with Gasteiger partial charge < -0.3 is 9.80 Å². The van der Waals surface area contributed by atoms with Gasteiger partial charge in [-0.05, 0) is 53.6 Å². The molecular formula is C28H27N7. The molecule has 7 nitrogen and oxygen atoms in total. The zero-order valence-electron chi connectivity index (χ0n) is 20.3. The highest BCUT2D eigenvalue weighted by Gasteiger charge is 2.11. The van der Waals surface area contributed by atoms with Crippen molar-refractivity contribution in [2.24, 2.45) is 4.99 Å². The standard InChI is InChI=1S/C28H27N7/c1-33(2)22-14-9-20(10-15-22)13-18-26-30-25-8-6-5-7-24(25)27-31-28(32-35(26)27)29-19-21-11-16-23(17-12-21)34(3)4/h5-19H,1-4H3. The van der Waals surface area contributed by atoms with Gasteiger partial charge in [-0.15, -0.1) is 5.10 Å². The fourth-order valence-electron chi connectivity index (χ4n) is 3.77. The first-order chi connectivity index (χ1) is 17.0. The quantitative estimate of drug-likeness (QED) is 0.320. The molecule has 174 valence electrons. The molecule has 35 heavy (non-hydrogen) atoms. The summed E-state index contributed by atoms with van der Waals surface area (Å²) in [6.07, 6.45) is 5.78. The maximum Gasteiger partial charge on any atom is 0.269 e. The number of anilines is 2. The molecule has 0 spiro atoms. The molecule has 0 aliphatic rings. The summed E-state index contributed by atoms with van der Waals surface area (Å²) in [6.45, 7) is 0. The third-order valence-electron chi connectivity index (χ3n) is 5.77. The average molecular weight is 462 g/mol. The molecule has 0 saturated heterocycles. The minimum atomic E-state index is 0.393. The highest BCUT2D eigenvalue weighted by molar-refractivity contribution is 5.92. The molecule has 0 atom stereocenters. The van der Waals surface area contributed by atoms with Crippen LogP contribution in [0.1, 0.15) is 17.0 Å². The van der Waals surface area contributed by atoms with Crippen LogP contribution < -0.4 is 9.80 Å². The van der Waals surface area contributed by atoms with Gasteiger partial charge in [-0.2, -0.15) is 9.50 Å². The molecular weight excluding hydrogens is 434 g/mol. The van der Waals surface area contributed by atoms with Crippen molar-refractivity contribution in [3.05, 3.63) is 89.7 Å². The predicted molar refractivity (Wildman–Crippen MR) is 146 cm³/mol. The van der Waals surface area contributed by atoms with Crippen molar-refractivity contribution in [1.82, 2.24) is 19.6 Å². The van der Waals surface area contributed by atoms with Crippen LogP contribution in [0.25, 0.3) is 28.7 Å². The first-order valence-corrected chi connectivity index (χ1v) is 11.4. The Labute approximate surface area is 204 Å². The van der Waals surface area contributed by atoms with Crippen molar-refractivity contribution >= 4 is 52.2 Å². The highest BCUT2D eigenvalue weighted by Crippen LogP contribution is 2.22. The molecule has 0 radical (unpaired) electrons. The Balaban J connectivity index is 1.51. The van der Waals surface area contributed by atoms with Crippen molar-refractivity contribution in [3.63, 3.8) is 0 Å². The first kappa shape index (κ1) is 22.3. The Morgan fingerprint density at radius 1 is 0.714 bits per heavy atom. The van der Waals surface area contributed by atoms with Crippen molar-refractivity contribution < 1.29 is 0 Å². The maximum absolute atomic E-state index is 4.83. The van der Waals surface area contributed by atoms with Gasteiger partial charge >= 0.3 is 0 Å². The number of benzene rings is 3. The SMILES string of the molecule is CN(C)c1ccc(C=Cc2nc3ccccc3c3nc(N=Cc4ccc(N(C)C)cc4)nn23)cc1. The Kier molecular flexibility index (Phi) is 5.97. The Bertz CT molecular complexity index is 1530. The number of aliphatic imine (C=N–C) groups is 1. The zero-order chi connectivity index (χ0) is 24.4. The van der Waals surface area contributed by atoms with E-state index in [-0.39, 0.29) is 0 Å². The molecule has 7 heteroatoms. The second-order valence-electron chi connectivity index (χ2n) is 8.70. The summed E-state index contributed by atoms with van der Waals surface area (Å²) in [5.74, 6) is 1.09. The van der Waals surface area contributed by atoms with Crippen LogP contribution in [-0.4, -0.2) is 54.0 Å². The first-order valence-electron chi connectivity index (χ1n) is 11.4. The number of hydrogen-bond donors (Lipinski definition) is 0. The number of para-hydroxylation sites is 1. The third-order valence-corrected chi connectivity index (χ3v) is 5.77. The molecule has 5 aromatic rings. The van der Waals surface area contributed by atoms with E-state index >= 15 is 0 Å². The smallest absolute Gasteiger partial charge is 0.269 e. The van der Waals surface area contributed by atoms with Gasteiger partial charge in [0.15, 0.2) is 11.5 Å². The topological polar surface area (TPSA) is 61.9 Å².